The van der Waals surface area contributed by atoms with Crippen LogP contribution in [0.1, 0.15) is 0 Å². The van der Waals surface area contributed by atoms with Gasteiger partial charge in [0.25, 0.3) is 11.1 Å². The van der Waals surface area contributed by atoms with Gasteiger partial charge in [-0.15, -0.1) is 11.3 Å². The van der Waals surface area contributed by atoms with Crippen LogP contribution in [0.5, 0.6) is 0 Å². The van der Waals surface area contributed by atoms with Crippen molar-refractivity contribution in [2.75, 3.05) is 0 Å². The van der Waals surface area contributed by atoms with Crippen LogP contribution in [0.25, 0.3) is 38.1 Å². The van der Waals surface area contributed by atoms with E-state index in [0.717, 1.165) is 16.0 Å². The normalized spacial score (nSPS) is 11.4. The van der Waals surface area contributed by atoms with Gasteiger partial charge < -0.3 is 4.42 Å². The number of halogens is 2. The van der Waals surface area contributed by atoms with Gasteiger partial charge in [-0.1, -0.05) is 35.3 Å². The smallest absolute Gasteiger partial charge is 0.345 e. The molecule has 30 heavy (non-hydrogen) atoms. The van der Waals surface area contributed by atoms with Crippen molar-refractivity contribution < 1.29 is 4.42 Å². The van der Waals surface area contributed by atoms with E-state index < -0.39 is 16.7 Å². The first-order valence-electron chi connectivity index (χ1n) is 8.55. The topological polar surface area (TPSA) is 98.0 Å². The van der Waals surface area contributed by atoms with Gasteiger partial charge in [0, 0.05) is 15.8 Å². The average molecular weight is 458 g/mol. The first-order chi connectivity index (χ1) is 14.4. The lowest BCUT2D eigenvalue weighted by molar-refractivity contribution is 0.563. The number of H-pyrrole nitrogens is 1. The van der Waals surface area contributed by atoms with E-state index in [0.29, 0.717) is 21.5 Å². The lowest BCUT2D eigenvalue weighted by atomic mass is 10.1. The Morgan fingerprint density at radius 1 is 1.03 bits per heavy atom. The number of nitrogens with zero attached hydrogens (tertiary/aromatic N) is 2. The predicted molar refractivity (Wildman–Crippen MR) is 117 cm³/mol. The highest BCUT2D eigenvalue weighted by molar-refractivity contribution is 7.12. The Morgan fingerprint density at radius 3 is 2.60 bits per heavy atom. The molecule has 0 aliphatic carbocycles. The Kier molecular flexibility index (Phi) is 4.35. The Hall–Kier alpha value is -3.20. The second kappa shape index (κ2) is 6.94. The standard InChI is InChI=1S/C20H9Cl2N3O4S/c21-10-5-9-6-13(19(28)29-16(9)14(22)7-10)15-8-30-20(23-15)25-18(27)12-4-2-1-3-11(12)17(26)24-25/h1-8H,(H,24,26). The van der Waals surface area contributed by atoms with Gasteiger partial charge in [-0.25, -0.2) is 9.78 Å². The van der Waals surface area contributed by atoms with Crippen molar-refractivity contribution in [1.29, 1.82) is 0 Å². The number of aromatic nitrogens is 3. The molecule has 0 fully saturated rings. The van der Waals surface area contributed by atoms with Crippen LogP contribution in [0, 0.1) is 0 Å². The molecule has 0 atom stereocenters. The Morgan fingerprint density at radius 2 is 1.80 bits per heavy atom. The molecule has 7 nitrogen and oxygen atoms in total. The summed E-state index contributed by atoms with van der Waals surface area (Å²) in [6.07, 6.45) is 0. The van der Waals surface area contributed by atoms with Crippen LogP contribution >= 0.6 is 34.5 Å². The Balaban J connectivity index is 1.69. The third kappa shape index (κ3) is 2.97. The fourth-order valence-electron chi connectivity index (χ4n) is 3.16. The van der Waals surface area contributed by atoms with Gasteiger partial charge >= 0.3 is 5.63 Å². The number of hydrogen-bond acceptors (Lipinski definition) is 6. The van der Waals surface area contributed by atoms with Crippen LogP contribution in [0.3, 0.4) is 0 Å². The van der Waals surface area contributed by atoms with E-state index >= 15 is 0 Å². The number of fused-ring (bicyclic) bond motifs is 2. The van der Waals surface area contributed by atoms with E-state index in [4.69, 9.17) is 27.6 Å². The van der Waals surface area contributed by atoms with Crippen molar-refractivity contribution >= 4 is 56.3 Å². The maximum absolute atomic E-state index is 12.8. The zero-order chi connectivity index (χ0) is 21.0. The second-order valence-electron chi connectivity index (χ2n) is 6.40. The molecule has 0 spiro atoms. The Bertz CT molecular complexity index is 1650. The number of nitrogens with one attached hydrogen (secondary N) is 1. The summed E-state index contributed by atoms with van der Waals surface area (Å²) in [5.41, 5.74) is -0.780. The molecule has 1 N–H and O–H groups in total. The van der Waals surface area contributed by atoms with Gasteiger partial charge in [0.1, 0.15) is 0 Å². The molecule has 3 heterocycles. The molecular formula is C20H9Cl2N3O4S. The minimum atomic E-state index is -0.636. The number of thiazole rings is 1. The minimum absolute atomic E-state index is 0.180. The molecule has 0 amide bonds. The molecule has 0 radical (unpaired) electrons. The van der Waals surface area contributed by atoms with Crippen molar-refractivity contribution in [3.63, 3.8) is 0 Å². The van der Waals surface area contributed by atoms with E-state index in [1.807, 2.05) is 0 Å². The van der Waals surface area contributed by atoms with Crippen molar-refractivity contribution in [3.05, 3.63) is 89.0 Å². The fourth-order valence-corrected chi connectivity index (χ4v) is 4.49. The van der Waals surface area contributed by atoms with Crippen molar-refractivity contribution in [1.82, 2.24) is 14.8 Å². The molecule has 0 saturated heterocycles. The zero-order valence-electron chi connectivity index (χ0n) is 14.8. The highest BCUT2D eigenvalue weighted by Gasteiger charge is 2.16. The summed E-state index contributed by atoms with van der Waals surface area (Å²) < 4.78 is 6.41. The highest BCUT2D eigenvalue weighted by Crippen LogP contribution is 2.30. The molecule has 148 valence electrons. The van der Waals surface area contributed by atoms with Crippen LogP contribution in [0.2, 0.25) is 10.0 Å². The molecule has 0 saturated carbocycles. The maximum Gasteiger partial charge on any atom is 0.345 e. The molecule has 0 unspecified atom stereocenters. The van der Waals surface area contributed by atoms with Gasteiger partial charge in [-0.3, -0.25) is 14.7 Å². The summed E-state index contributed by atoms with van der Waals surface area (Å²) in [5.74, 6) is 0. The predicted octanol–water partition coefficient (Wildman–Crippen LogP) is 4.22. The van der Waals surface area contributed by atoms with Gasteiger partial charge in [0.15, 0.2) is 5.58 Å². The van der Waals surface area contributed by atoms with E-state index in [1.54, 1.807) is 41.8 Å². The second-order valence-corrected chi connectivity index (χ2v) is 8.08. The molecule has 0 aliphatic heterocycles. The van der Waals surface area contributed by atoms with Gasteiger partial charge in [0.05, 0.1) is 27.1 Å². The third-order valence-corrected chi connectivity index (χ3v) is 5.85. The maximum atomic E-state index is 12.8. The molecule has 5 rings (SSSR count). The van der Waals surface area contributed by atoms with E-state index in [2.05, 4.69) is 10.1 Å². The van der Waals surface area contributed by atoms with Crippen LogP contribution in [-0.4, -0.2) is 14.8 Å². The first-order valence-corrected chi connectivity index (χ1v) is 10.2. The van der Waals surface area contributed by atoms with Crippen LogP contribution < -0.4 is 16.7 Å². The number of benzene rings is 2. The van der Waals surface area contributed by atoms with Gasteiger partial charge in [-0.05, 0) is 30.3 Å². The lowest BCUT2D eigenvalue weighted by Crippen LogP contribution is -2.28. The molecule has 0 bridgehead atoms. The highest BCUT2D eigenvalue weighted by atomic mass is 35.5. The molecular weight excluding hydrogens is 449 g/mol. The summed E-state index contributed by atoms with van der Waals surface area (Å²) in [6.45, 7) is 0. The largest absolute Gasteiger partial charge is 0.421 e. The zero-order valence-corrected chi connectivity index (χ0v) is 17.1. The van der Waals surface area contributed by atoms with Crippen molar-refractivity contribution in [3.8, 4) is 16.4 Å². The van der Waals surface area contributed by atoms with Crippen molar-refractivity contribution in [2.24, 2.45) is 0 Å². The Labute approximate surface area is 180 Å². The summed E-state index contributed by atoms with van der Waals surface area (Å²) in [6, 6.07) is 11.2. The SMILES string of the molecule is O=c1oc2c(Cl)cc(Cl)cc2cc1-c1csc(-n2[nH]c(=O)c3ccccc3c2=O)n1. The fraction of sp³-hybridized carbons (Fsp3) is 0. The van der Waals surface area contributed by atoms with Gasteiger partial charge in [-0.2, -0.15) is 4.68 Å². The molecule has 0 aliphatic rings. The summed E-state index contributed by atoms with van der Waals surface area (Å²) in [5, 5.41) is 6.04. The monoisotopic (exact) mass is 457 g/mol. The van der Waals surface area contributed by atoms with Crippen LogP contribution in [0.15, 0.2) is 66.6 Å². The number of rotatable bonds is 2. The molecule has 5 aromatic rings. The van der Waals surface area contributed by atoms with E-state index in [9.17, 15) is 14.4 Å². The van der Waals surface area contributed by atoms with Gasteiger partial charge in [0.2, 0.25) is 5.13 Å². The summed E-state index contributed by atoms with van der Waals surface area (Å²) in [4.78, 5) is 42.0. The quantitative estimate of drug-likeness (QED) is 0.400. The average Bonchev–Trinajstić information content (AvgIpc) is 3.20. The van der Waals surface area contributed by atoms with E-state index in [1.165, 1.54) is 6.07 Å². The summed E-state index contributed by atoms with van der Waals surface area (Å²) in [7, 11) is 0. The number of hydrogen-bond donors (Lipinski definition) is 1. The van der Waals surface area contributed by atoms with Crippen LogP contribution in [0.4, 0.5) is 0 Å². The molecule has 2 aromatic carbocycles. The summed E-state index contributed by atoms with van der Waals surface area (Å²) >= 11 is 13.2. The third-order valence-electron chi connectivity index (χ3n) is 4.53. The first kappa shape index (κ1) is 18.8. The molecule has 10 heteroatoms. The minimum Gasteiger partial charge on any atom is -0.421 e. The van der Waals surface area contributed by atoms with Crippen molar-refractivity contribution in [2.45, 2.75) is 0 Å². The number of aromatic amines is 1. The molecule has 3 aromatic heterocycles. The van der Waals surface area contributed by atoms with Crippen LogP contribution in [-0.2, 0) is 0 Å². The lowest BCUT2D eigenvalue weighted by Gasteiger charge is -2.04. The van der Waals surface area contributed by atoms with E-state index in [-0.39, 0.29) is 26.7 Å².